The lowest BCUT2D eigenvalue weighted by molar-refractivity contribution is -0.143. The van der Waals surface area contributed by atoms with Crippen LogP contribution < -0.4 is 14.5 Å². The van der Waals surface area contributed by atoms with Gasteiger partial charge < -0.3 is 24.6 Å². The first-order valence-electron chi connectivity index (χ1n) is 16.2. The fraction of sp³-hybridized carbons (Fsp3) is 0.485. The molecule has 0 radical (unpaired) electrons. The summed E-state index contributed by atoms with van der Waals surface area (Å²) < 4.78 is 136. The number of aliphatic carboxylic acids is 1. The maximum absolute atomic E-state index is 14.0. The van der Waals surface area contributed by atoms with Crippen LogP contribution in [0.15, 0.2) is 42.7 Å². The first kappa shape index (κ1) is 40.9. The number of anilines is 2. The summed E-state index contributed by atoms with van der Waals surface area (Å²) in [5.41, 5.74) is -5.75. The number of carbonyl (C=O) groups is 2. The minimum Gasteiger partial charge on any atom is -0.488 e. The Balaban J connectivity index is 1.84. The van der Waals surface area contributed by atoms with Gasteiger partial charge in [0.05, 0.1) is 54.2 Å². The van der Waals surface area contributed by atoms with Gasteiger partial charge in [-0.05, 0) is 68.0 Å². The highest BCUT2D eigenvalue weighted by Gasteiger charge is 2.44. The monoisotopic (exact) mass is 767 g/mol. The van der Waals surface area contributed by atoms with E-state index >= 15 is 0 Å². The normalized spacial score (nSPS) is 16.2. The summed E-state index contributed by atoms with van der Waals surface area (Å²) in [5.74, 6) is -1.32. The fourth-order valence-corrected chi connectivity index (χ4v) is 5.72. The fourth-order valence-electron chi connectivity index (χ4n) is 5.72. The van der Waals surface area contributed by atoms with E-state index < -0.39 is 77.3 Å². The number of alkyl halides is 9. The van der Waals surface area contributed by atoms with Gasteiger partial charge in [-0.15, -0.1) is 0 Å². The molecule has 1 unspecified atom stereocenters. The molecule has 0 aliphatic carbocycles. The molecule has 0 saturated heterocycles. The Morgan fingerprint density at radius 1 is 0.906 bits per heavy atom. The van der Waals surface area contributed by atoms with Crippen molar-refractivity contribution >= 4 is 23.7 Å². The van der Waals surface area contributed by atoms with Crippen LogP contribution in [0, 0.1) is 0 Å². The number of hydrogen-bond donors (Lipinski definition) is 2. The molecule has 1 amide bonds. The number of amides is 1. The Kier molecular flexibility index (Phi) is 13.0. The zero-order valence-electron chi connectivity index (χ0n) is 27.9. The molecule has 0 saturated carbocycles. The number of nitrogens with zero attached hydrogens (tertiary/aromatic N) is 5. The Morgan fingerprint density at radius 3 is 2.09 bits per heavy atom. The zero-order chi connectivity index (χ0) is 39.1. The summed E-state index contributed by atoms with van der Waals surface area (Å²) in [4.78, 5) is 38.5. The molecule has 4 rings (SSSR count). The highest BCUT2D eigenvalue weighted by atomic mass is 19.4. The molecule has 20 heteroatoms. The van der Waals surface area contributed by atoms with Crippen molar-refractivity contribution in [2.75, 3.05) is 29.6 Å². The van der Waals surface area contributed by atoms with Gasteiger partial charge in [0.15, 0.2) is 5.75 Å². The summed E-state index contributed by atoms with van der Waals surface area (Å²) in [6.45, 7) is 0.137. The topological polar surface area (TPSA) is 138 Å². The number of carbonyl (C=O) groups excluding carboxylic acids is 1. The molecule has 0 spiro atoms. The van der Waals surface area contributed by atoms with Gasteiger partial charge in [0.1, 0.15) is 12.3 Å². The first-order chi connectivity index (χ1) is 24.8. The third-order valence-corrected chi connectivity index (χ3v) is 8.16. The molecule has 53 heavy (non-hydrogen) atoms. The summed E-state index contributed by atoms with van der Waals surface area (Å²) in [6, 6.07) is 0.288. The molecular weight excluding hydrogens is 733 g/mol. The number of ether oxygens (including phenoxy) is 2. The van der Waals surface area contributed by atoms with Crippen molar-refractivity contribution in [2.45, 2.75) is 82.6 Å². The molecule has 0 fully saturated rings. The molecule has 2 N–H and O–H groups in total. The van der Waals surface area contributed by atoms with Crippen LogP contribution in [-0.2, 0) is 34.6 Å². The molecule has 2 atom stereocenters. The number of benzene rings is 1. The van der Waals surface area contributed by atoms with Gasteiger partial charge in [-0.2, -0.15) is 39.5 Å². The third kappa shape index (κ3) is 10.6. The third-order valence-electron chi connectivity index (χ3n) is 8.16. The lowest BCUT2D eigenvalue weighted by Crippen LogP contribution is -2.48. The number of carboxylic acids is 1. The Bertz CT molecular complexity index is 1690. The van der Waals surface area contributed by atoms with Gasteiger partial charge in [0, 0.05) is 19.0 Å². The van der Waals surface area contributed by atoms with Crippen LogP contribution in [0.1, 0.15) is 79.6 Å². The van der Waals surface area contributed by atoms with Crippen LogP contribution in [0.3, 0.4) is 0 Å². The van der Waals surface area contributed by atoms with Gasteiger partial charge in [-0.3, -0.25) is 9.69 Å². The molecular formula is C33H34F9N5O6. The van der Waals surface area contributed by atoms with E-state index in [-0.39, 0.29) is 69.0 Å². The van der Waals surface area contributed by atoms with Crippen molar-refractivity contribution in [2.24, 2.45) is 0 Å². The SMILES string of the molecule is CC[C@@H]1CC(N(Cc2cc(C(F)(F)F)cc(C(F)(F)F)c2)c2ncc(OCCO)cn2)c2nc(C(F)(F)F)ccc2N1C(=O)OCCCCCC(=O)O. The number of fused-ring (bicyclic) bond motifs is 1. The number of aromatic nitrogens is 3. The second-order valence-electron chi connectivity index (χ2n) is 11.9. The van der Waals surface area contributed by atoms with E-state index in [1.165, 1.54) is 0 Å². The van der Waals surface area contributed by atoms with Crippen LogP contribution in [0.5, 0.6) is 5.75 Å². The van der Waals surface area contributed by atoms with E-state index in [9.17, 15) is 49.1 Å². The molecule has 0 bridgehead atoms. The summed E-state index contributed by atoms with van der Waals surface area (Å²) in [6.07, 6.45) is -13.4. The maximum atomic E-state index is 14.0. The minimum atomic E-state index is -5.20. The lowest BCUT2D eigenvalue weighted by Gasteiger charge is -2.43. The quantitative estimate of drug-likeness (QED) is 0.123. The van der Waals surface area contributed by atoms with Crippen molar-refractivity contribution in [1.82, 2.24) is 15.0 Å². The summed E-state index contributed by atoms with van der Waals surface area (Å²) in [7, 11) is 0. The number of hydrogen-bond acceptors (Lipinski definition) is 9. The molecule has 290 valence electrons. The largest absolute Gasteiger partial charge is 0.488 e. The molecule has 2 aromatic heterocycles. The lowest BCUT2D eigenvalue weighted by atomic mass is 9.91. The maximum Gasteiger partial charge on any atom is 0.433 e. The number of rotatable bonds is 14. The van der Waals surface area contributed by atoms with E-state index in [1.54, 1.807) is 6.92 Å². The smallest absolute Gasteiger partial charge is 0.433 e. The van der Waals surface area contributed by atoms with Crippen molar-refractivity contribution < 1.29 is 68.8 Å². The average molecular weight is 768 g/mol. The Morgan fingerprint density at radius 2 is 1.55 bits per heavy atom. The molecule has 1 aromatic carbocycles. The number of aliphatic hydroxyl groups is 1. The number of aliphatic hydroxyl groups excluding tert-OH is 1. The van der Waals surface area contributed by atoms with Gasteiger partial charge in [-0.25, -0.2) is 19.7 Å². The van der Waals surface area contributed by atoms with Crippen LogP contribution in [0.4, 0.5) is 55.9 Å². The van der Waals surface area contributed by atoms with Gasteiger partial charge in [0.25, 0.3) is 0 Å². The number of pyridine rings is 1. The minimum absolute atomic E-state index is 0.0195. The number of carboxylic acid groups (broad SMARTS) is 1. The van der Waals surface area contributed by atoms with Crippen molar-refractivity contribution in [1.29, 1.82) is 0 Å². The van der Waals surface area contributed by atoms with Crippen molar-refractivity contribution in [3.63, 3.8) is 0 Å². The van der Waals surface area contributed by atoms with Gasteiger partial charge in [0.2, 0.25) is 5.95 Å². The number of unbranched alkanes of at least 4 members (excludes halogenated alkanes) is 2. The molecule has 1 aliphatic rings. The van der Waals surface area contributed by atoms with Crippen LogP contribution >= 0.6 is 0 Å². The van der Waals surface area contributed by atoms with Crippen LogP contribution in [0.2, 0.25) is 0 Å². The van der Waals surface area contributed by atoms with E-state index in [0.717, 1.165) is 28.3 Å². The van der Waals surface area contributed by atoms with Gasteiger partial charge >= 0.3 is 30.6 Å². The predicted octanol–water partition coefficient (Wildman–Crippen LogP) is 7.82. The van der Waals surface area contributed by atoms with Crippen LogP contribution in [0.25, 0.3) is 0 Å². The standard InChI is InChI=1S/C33H34F9N5O6/c1-2-22-15-25(28-24(7-8-26(45-28)33(40,41)42)47(22)30(51)53-10-5-3-4-6-27(49)50)46(29-43-16-23(17-44-29)52-11-9-48)18-19-12-20(31(34,35)36)14-21(13-19)32(37,38)39/h7-8,12-14,16-17,22,25,48H,2-6,9-11,15,18H2,1H3,(H,49,50)/t22-,25?/m1/s1. The Labute approximate surface area is 296 Å². The van der Waals surface area contributed by atoms with E-state index in [4.69, 9.17) is 19.7 Å². The highest BCUT2D eigenvalue weighted by molar-refractivity contribution is 5.90. The molecule has 3 aromatic rings. The molecule has 3 heterocycles. The second-order valence-corrected chi connectivity index (χ2v) is 11.9. The molecule has 11 nitrogen and oxygen atoms in total. The molecule has 1 aliphatic heterocycles. The predicted molar refractivity (Wildman–Crippen MR) is 168 cm³/mol. The number of halogens is 9. The van der Waals surface area contributed by atoms with Crippen molar-refractivity contribution in [3.05, 3.63) is 70.8 Å². The van der Waals surface area contributed by atoms with E-state index in [0.29, 0.717) is 31.0 Å². The summed E-state index contributed by atoms with van der Waals surface area (Å²) >= 11 is 0. The second kappa shape index (κ2) is 16.9. The average Bonchev–Trinajstić information content (AvgIpc) is 3.09. The first-order valence-corrected chi connectivity index (χ1v) is 16.2. The van der Waals surface area contributed by atoms with E-state index in [1.807, 2.05) is 0 Å². The van der Waals surface area contributed by atoms with E-state index in [2.05, 4.69) is 15.0 Å². The zero-order valence-corrected chi connectivity index (χ0v) is 27.9. The van der Waals surface area contributed by atoms with Crippen LogP contribution in [-0.4, -0.2) is 63.1 Å². The highest BCUT2D eigenvalue weighted by Crippen LogP contribution is 2.45. The Hall–Kier alpha value is -4.88. The summed E-state index contributed by atoms with van der Waals surface area (Å²) in [5, 5.41) is 17.9. The van der Waals surface area contributed by atoms with Gasteiger partial charge in [-0.1, -0.05) is 6.92 Å². The van der Waals surface area contributed by atoms with Crippen molar-refractivity contribution in [3.8, 4) is 5.75 Å².